The van der Waals surface area contributed by atoms with Crippen molar-refractivity contribution in [1.82, 2.24) is 0 Å². The number of hydrogen-bond donors (Lipinski definition) is 2. The Morgan fingerprint density at radius 1 is 1.17 bits per heavy atom. The minimum atomic E-state index is -1.68. The van der Waals surface area contributed by atoms with Crippen LogP contribution in [0.5, 0.6) is 0 Å². The van der Waals surface area contributed by atoms with Gasteiger partial charge in [0.25, 0.3) is 0 Å². The number of amides is 1. The number of rotatable bonds is 4. The quantitative estimate of drug-likeness (QED) is 0.519. The molecule has 1 spiro atoms. The second-order valence-corrected chi connectivity index (χ2v) is 10.5. The Hall–Kier alpha value is -3.39. The normalized spacial score (nSPS) is 21.2. The van der Waals surface area contributed by atoms with Crippen molar-refractivity contribution in [3.8, 4) is 0 Å². The first-order valence-corrected chi connectivity index (χ1v) is 13.0. The standard InChI is InChI=1S/C28H28BrN3O4/c1-4-36-26(34)24-25(30)32(18-11-8-16(9-12-18)15(2)3)21-6-5-7-22(33)23(21)28(24)19-14-17(29)10-13-20(19)31-27(28)35/h8-15H,4-7,30H2,1-3H3,(H,31,35). The fourth-order valence-electron chi connectivity index (χ4n) is 5.59. The molecule has 1 aliphatic carbocycles. The molecule has 8 heteroatoms. The lowest BCUT2D eigenvalue weighted by molar-refractivity contribution is -0.140. The van der Waals surface area contributed by atoms with E-state index in [-0.39, 0.29) is 30.2 Å². The molecule has 0 saturated heterocycles. The number of carbonyl (C=O) groups is 3. The average Bonchev–Trinajstić information content (AvgIpc) is 3.11. The largest absolute Gasteiger partial charge is 0.462 e. The predicted octanol–water partition coefficient (Wildman–Crippen LogP) is 5.02. The molecule has 7 nitrogen and oxygen atoms in total. The highest BCUT2D eigenvalue weighted by Gasteiger charge is 2.62. The lowest BCUT2D eigenvalue weighted by Crippen LogP contribution is -2.53. The van der Waals surface area contributed by atoms with Gasteiger partial charge in [0.1, 0.15) is 16.8 Å². The van der Waals surface area contributed by atoms with E-state index in [1.807, 2.05) is 24.3 Å². The van der Waals surface area contributed by atoms with Gasteiger partial charge in [0.15, 0.2) is 5.78 Å². The lowest BCUT2D eigenvalue weighted by Gasteiger charge is -2.44. The highest BCUT2D eigenvalue weighted by Crippen LogP contribution is 2.56. The molecule has 2 aliphatic heterocycles. The first kappa shape index (κ1) is 24.3. The van der Waals surface area contributed by atoms with Gasteiger partial charge in [0, 0.05) is 39.1 Å². The van der Waals surface area contributed by atoms with Crippen molar-refractivity contribution >= 4 is 45.0 Å². The van der Waals surface area contributed by atoms with Gasteiger partial charge in [-0.15, -0.1) is 0 Å². The molecule has 5 rings (SSSR count). The summed E-state index contributed by atoms with van der Waals surface area (Å²) in [7, 11) is 0. The van der Waals surface area contributed by atoms with Crippen molar-refractivity contribution in [2.45, 2.75) is 51.4 Å². The summed E-state index contributed by atoms with van der Waals surface area (Å²) in [6, 6.07) is 13.2. The van der Waals surface area contributed by atoms with Crippen LogP contribution < -0.4 is 16.0 Å². The van der Waals surface area contributed by atoms with E-state index >= 15 is 0 Å². The number of nitrogens with one attached hydrogen (secondary N) is 1. The highest BCUT2D eigenvalue weighted by molar-refractivity contribution is 9.10. The molecule has 1 atom stereocenters. The maximum absolute atomic E-state index is 13.9. The summed E-state index contributed by atoms with van der Waals surface area (Å²) in [5.74, 6) is -0.916. The second kappa shape index (κ2) is 8.92. The predicted molar refractivity (Wildman–Crippen MR) is 141 cm³/mol. The topological polar surface area (TPSA) is 102 Å². The molecular weight excluding hydrogens is 522 g/mol. The molecule has 36 heavy (non-hydrogen) atoms. The van der Waals surface area contributed by atoms with Crippen LogP contribution in [0.4, 0.5) is 11.4 Å². The molecule has 2 heterocycles. The molecule has 0 fully saturated rings. The Bertz CT molecular complexity index is 1360. The van der Waals surface area contributed by atoms with E-state index < -0.39 is 17.3 Å². The Balaban J connectivity index is 1.85. The summed E-state index contributed by atoms with van der Waals surface area (Å²) in [6.07, 6.45) is 1.46. The maximum atomic E-state index is 13.9. The van der Waals surface area contributed by atoms with Crippen LogP contribution in [0.1, 0.15) is 57.1 Å². The van der Waals surface area contributed by atoms with Crippen molar-refractivity contribution in [2.24, 2.45) is 5.73 Å². The number of ketones is 1. The summed E-state index contributed by atoms with van der Waals surface area (Å²) in [6.45, 7) is 6.02. The third-order valence-electron chi connectivity index (χ3n) is 7.17. The molecule has 3 aliphatic rings. The van der Waals surface area contributed by atoms with Gasteiger partial charge in [-0.05, 0) is 61.6 Å². The van der Waals surface area contributed by atoms with Crippen LogP contribution in [0.25, 0.3) is 0 Å². The lowest BCUT2D eigenvalue weighted by atomic mass is 9.63. The summed E-state index contributed by atoms with van der Waals surface area (Å²) in [5, 5.41) is 2.90. The van der Waals surface area contributed by atoms with Gasteiger partial charge in [-0.1, -0.05) is 41.9 Å². The molecule has 3 N–H and O–H groups in total. The number of allylic oxidation sites excluding steroid dienone is 1. The van der Waals surface area contributed by atoms with Crippen LogP contribution in [0.15, 0.2) is 69.6 Å². The molecule has 0 radical (unpaired) electrons. The van der Waals surface area contributed by atoms with Crippen LogP contribution in [-0.2, 0) is 24.5 Å². The number of hydrogen-bond acceptors (Lipinski definition) is 6. The number of halogens is 1. The SMILES string of the molecule is CCOC(=O)C1=C(N)N(c2ccc(C(C)C)cc2)C2=C(C(=O)CCC2)C12C(=O)Nc1ccc(Br)cc12. The maximum Gasteiger partial charge on any atom is 0.339 e. The molecular formula is C28H28BrN3O4. The summed E-state index contributed by atoms with van der Waals surface area (Å²) in [4.78, 5) is 43.0. The summed E-state index contributed by atoms with van der Waals surface area (Å²) < 4.78 is 6.17. The van der Waals surface area contributed by atoms with E-state index in [1.54, 1.807) is 30.0 Å². The minimum Gasteiger partial charge on any atom is -0.462 e. The van der Waals surface area contributed by atoms with Crippen molar-refractivity contribution in [1.29, 1.82) is 0 Å². The first-order chi connectivity index (χ1) is 17.2. The molecule has 0 saturated carbocycles. The Morgan fingerprint density at radius 3 is 2.56 bits per heavy atom. The van der Waals surface area contributed by atoms with Crippen LogP contribution in [0, 0.1) is 0 Å². The van der Waals surface area contributed by atoms with E-state index in [2.05, 4.69) is 35.1 Å². The summed E-state index contributed by atoms with van der Waals surface area (Å²) >= 11 is 3.49. The molecule has 1 amide bonds. The van der Waals surface area contributed by atoms with Gasteiger partial charge in [-0.25, -0.2) is 4.79 Å². The van der Waals surface area contributed by atoms with E-state index in [0.29, 0.717) is 41.3 Å². The van der Waals surface area contributed by atoms with E-state index in [4.69, 9.17) is 10.5 Å². The molecule has 186 valence electrons. The number of esters is 1. The summed E-state index contributed by atoms with van der Waals surface area (Å²) in [5.41, 5.74) is 8.99. The van der Waals surface area contributed by atoms with Gasteiger partial charge < -0.3 is 15.8 Å². The van der Waals surface area contributed by atoms with Crippen LogP contribution >= 0.6 is 15.9 Å². The Morgan fingerprint density at radius 2 is 1.89 bits per heavy atom. The number of nitrogens with two attached hydrogens (primary N) is 1. The van der Waals surface area contributed by atoms with E-state index in [1.165, 1.54) is 0 Å². The Kier molecular flexibility index (Phi) is 6.03. The fourth-order valence-corrected chi connectivity index (χ4v) is 5.95. The van der Waals surface area contributed by atoms with Gasteiger partial charge in [-0.2, -0.15) is 0 Å². The fraction of sp³-hybridized carbons (Fsp3) is 0.321. The van der Waals surface area contributed by atoms with Crippen molar-refractivity contribution in [3.05, 3.63) is 80.7 Å². The Labute approximate surface area is 218 Å². The van der Waals surface area contributed by atoms with Gasteiger partial charge in [-0.3, -0.25) is 14.5 Å². The number of ether oxygens (including phenoxy) is 1. The minimum absolute atomic E-state index is 0.0272. The van der Waals surface area contributed by atoms with Crippen LogP contribution in [0.3, 0.4) is 0 Å². The monoisotopic (exact) mass is 549 g/mol. The number of nitrogens with zero attached hydrogens (tertiary/aromatic N) is 1. The van der Waals surface area contributed by atoms with Crippen molar-refractivity contribution in [2.75, 3.05) is 16.8 Å². The number of fused-ring (bicyclic) bond motifs is 3. The number of carbonyl (C=O) groups excluding carboxylic acids is 3. The zero-order chi connectivity index (χ0) is 25.8. The average molecular weight is 550 g/mol. The van der Waals surface area contributed by atoms with Crippen LogP contribution in [0.2, 0.25) is 0 Å². The zero-order valence-corrected chi connectivity index (χ0v) is 22.1. The molecule has 1 unspecified atom stereocenters. The zero-order valence-electron chi connectivity index (χ0n) is 20.5. The van der Waals surface area contributed by atoms with E-state index in [0.717, 1.165) is 15.7 Å². The molecule has 0 bridgehead atoms. The number of Topliss-reactive ketones (excluding diaryl/α,β-unsaturated/α-hetero) is 1. The number of benzene rings is 2. The van der Waals surface area contributed by atoms with E-state index in [9.17, 15) is 14.4 Å². The second-order valence-electron chi connectivity index (χ2n) is 9.55. The number of anilines is 2. The van der Waals surface area contributed by atoms with Gasteiger partial charge >= 0.3 is 5.97 Å². The highest BCUT2D eigenvalue weighted by atomic mass is 79.9. The van der Waals surface area contributed by atoms with Crippen molar-refractivity contribution in [3.63, 3.8) is 0 Å². The third-order valence-corrected chi connectivity index (χ3v) is 7.67. The first-order valence-electron chi connectivity index (χ1n) is 12.2. The van der Waals surface area contributed by atoms with Gasteiger partial charge in [0.2, 0.25) is 5.91 Å². The third kappa shape index (κ3) is 3.42. The van der Waals surface area contributed by atoms with Gasteiger partial charge in [0.05, 0.1) is 6.61 Å². The molecule has 2 aromatic carbocycles. The molecule has 0 aromatic heterocycles. The van der Waals surface area contributed by atoms with Crippen LogP contribution in [-0.4, -0.2) is 24.3 Å². The van der Waals surface area contributed by atoms with Crippen molar-refractivity contribution < 1.29 is 19.1 Å². The smallest absolute Gasteiger partial charge is 0.339 e. The molecule has 2 aromatic rings.